The lowest BCUT2D eigenvalue weighted by atomic mass is 10.2. The fourth-order valence-corrected chi connectivity index (χ4v) is 3.75. The number of aromatic nitrogens is 4. The van der Waals surface area contributed by atoms with Gasteiger partial charge in [-0.3, -0.25) is 24.9 Å². The molecule has 2 aromatic heterocycles. The number of hydrogen-bond acceptors (Lipinski definition) is 6. The number of carbonyl (C=O) groups excluding carboxylic acids is 1. The smallest absolute Gasteiger partial charge is 0.261 e. The van der Waals surface area contributed by atoms with Crippen molar-refractivity contribution < 1.29 is 17.6 Å². The first-order valence-corrected chi connectivity index (χ1v) is 10.4. The van der Waals surface area contributed by atoms with E-state index in [1.54, 1.807) is 24.4 Å². The summed E-state index contributed by atoms with van der Waals surface area (Å²) >= 11 is 0. The number of nitrogens with zero attached hydrogens (tertiary/aromatic N) is 3. The Kier molecular flexibility index (Phi) is 5.41. The average molecular weight is 438 g/mol. The molecule has 0 atom stereocenters. The number of H-pyrrole nitrogens is 1. The highest BCUT2D eigenvalue weighted by Crippen LogP contribution is 2.18. The van der Waals surface area contributed by atoms with Gasteiger partial charge in [0.05, 0.1) is 4.90 Å². The van der Waals surface area contributed by atoms with E-state index in [4.69, 9.17) is 0 Å². The van der Waals surface area contributed by atoms with Crippen LogP contribution >= 0.6 is 0 Å². The summed E-state index contributed by atoms with van der Waals surface area (Å²) < 4.78 is 40.6. The molecule has 0 bridgehead atoms. The van der Waals surface area contributed by atoms with E-state index < -0.39 is 21.7 Å². The number of carbonyl (C=O) groups is 1. The Morgan fingerprint density at radius 3 is 2.55 bits per heavy atom. The van der Waals surface area contributed by atoms with Crippen LogP contribution in [0.5, 0.6) is 0 Å². The van der Waals surface area contributed by atoms with Crippen LogP contribution in [0.4, 0.5) is 16.0 Å². The van der Waals surface area contributed by atoms with Crippen molar-refractivity contribution in [2.75, 3.05) is 10.0 Å². The van der Waals surface area contributed by atoms with Gasteiger partial charge in [0.2, 0.25) is 5.95 Å². The maximum absolute atomic E-state index is 13.0. The summed E-state index contributed by atoms with van der Waals surface area (Å²) in [7, 11) is -3.99. The van der Waals surface area contributed by atoms with Gasteiger partial charge in [-0.2, -0.15) is 4.98 Å². The standard InChI is InChI=1S/C20H15FN6O3S/c21-14-7-9-15(10-8-14)27-31(29,30)16-5-3-4-13(12-16)19(28)24-20-23-18(25-26-20)17-6-1-2-11-22-17/h1-12,27H,(H2,23,24,25,26,28). The molecule has 4 rings (SSSR count). The van der Waals surface area contributed by atoms with Crippen molar-refractivity contribution in [2.24, 2.45) is 0 Å². The van der Waals surface area contributed by atoms with Gasteiger partial charge >= 0.3 is 0 Å². The zero-order valence-electron chi connectivity index (χ0n) is 15.8. The minimum atomic E-state index is -3.99. The molecular weight excluding hydrogens is 423 g/mol. The first kappa shape index (κ1) is 20.2. The van der Waals surface area contributed by atoms with Crippen molar-refractivity contribution in [1.29, 1.82) is 0 Å². The van der Waals surface area contributed by atoms with Crippen molar-refractivity contribution in [3.63, 3.8) is 0 Å². The lowest BCUT2D eigenvalue weighted by Crippen LogP contribution is -2.16. The van der Waals surface area contributed by atoms with Gasteiger partial charge in [0.15, 0.2) is 5.82 Å². The molecule has 9 nitrogen and oxygen atoms in total. The van der Waals surface area contributed by atoms with Crippen LogP contribution in [0.15, 0.2) is 77.8 Å². The molecule has 0 fully saturated rings. The lowest BCUT2D eigenvalue weighted by molar-refractivity contribution is 0.102. The molecule has 0 aliphatic carbocycles. The topological polar surface area (TPSA) is 130 Å². The average Bonchev–Trinajstić information content (AvgIpc) is 3.24. The van der Waals surface area contributed by atoms with Crippen LogP contribution in [0.3, 0.4) is 0 Å². The van der Waals surface area contributed by atoms with Crippen molar-refractivity contribution in [3.8, 4) is 11.5 Å². The molecule has 2 heterocycles. The minimum Gasteiger partial charge on any atom is -0.289 e. The number of nitrogens with one attached hydrogen (secondary N) is 3. The number of pyridine rings is 1. The van der Waals surface area contributed by atoms with Gasteiger partial charge in [-0.1, -0.05) is 12.1 Å². The molecule has 0 unspecified atom stereocenters. The third-order valence-electron chi connectivity index (χ3n) is 4.12. The maximum Gasteiger partial charge on any atom is 0.261 e. The summed E-state index contributed by atoms with van der Waals surface area (Å²) in [5.41, 5.74) is 0.834. The van der Waals surface area contributed by atoms with Crippen LogP contribution in [-0.4, -0.2) is 34.5 Å². The Labute approximate surface area is 176 Å². The molecule has 0 saturated carbocycles. The van der Waals surface area contributed by atoms with Gasteiger partial charge < -0.3 is 0 Å². The molecule has 0 saturated heterocycles. The molecular formula is C20H15FN6O3S. The first-order chi connectivity index (χ1) is 14.9. The fraction of sp³-hybridized carbons (Fsp3) is 0. The summed E-state index contributed by atoms with van der Waals surface area (Å²) in [5, 5.41) is 9.10. The zero-order chi connectivity index (χ0) is 21.8. The van der Waals surface area contributed by atoms with Gasteiger partial charge in [-0.15, -0.1) is 5.10 Å². The molecule has 3 N–H and O–H groups in total. The molecule has 156 valence electrons. The Morgan fingerprint density at radius 1 is 1.00 bits per heavy atom. The van der Waals surface area contributed by atoms with Gasteiger partial charge in [0.25, 0.3) is 15.9 Å². The van der Waals surface area contributed by atoms with E-state index >= 15 is 0 Å². The Bertz CT molecular complexity index is 1320. The number of hydrogen-bond donors (Lipinski definition) is 3. The molecule has 0 aliphatic rings. The van der Waals surface area contributed by atoms with Crippen LogP contribution in [0, 0.1) is 5.82 Å². The molecule has 0 aliphatic heterocycles. The Morgan fingerprint density at radius 2 is 1.81 bits per heavy atom. The highest BCUT2D eigenvalue weighted by atomic mass is 32.2. The number of benzene rings is 2. The highest BCUT2D eigenvalue weighted by Gasteiger charge is 2.18. The number of halogens is 1. The first-order valence-electron chi connectivity index (χ1n) is 8.94. The molecule has 2 aromatic carbocycles. The van der Waals surface area contributed by atoms with E-state index in [1.165, 1.54) is 36.4 Å². The fourth-order valence-electron chi connectivity index (χ4n) is 2.65. The van der Waals surface area contributed by atoms with Gasteiger partial charge in [-0.25, -0.2) is 12.8 Å². The number of sulfonamides is 1. The number of aromatic amines is 1. The van der Waals surface area contributed by atoms with E-state index in [0.29, 0.717) is 11.5 Å². The second-order valence-corrected chi connectivity index (χ2v) is 8.00. The Balaban J connectivity index is 1.50. The van der Waals surface area contributed by atoms with E-state index in [0.717, 1.165) is 12.1 Å². The van der Waals surface area contributed by atoms with Crippen LogP contribution < -0.4 is 10.0 Å². The second-order valence-electron chi connectivity index (χ2n) is 6.32. The van der Waals surface area contributed by atoms with E-state index in [-0.39, 0.29) is 22.1 Å². The monoisotopic (exact) mass is 438 g/mol. The minimum absolute atomic E-state index is 0.0170. The largest absolute Gasteiger partial charge is 0.289 e. The SMILES string of the molecule is O=C(Nc1n[nH]c(-c2ccccn2)n1)c1cccc(S(=O)(=O)Nc2ccc(F)cc2)c1. The van der Waals surface area contributed by atoms with Crippen molar-refractivity contribution in [2.45, 2.75) is 4.90 Å². The summed E-state index contributed by atoms with van der Waals surface area (Å²) in [6.45, 7) is 0. The van der Waals surface area contributed by atoms with Gasteiger partial charge in [-0.05, 0) is 54.6 Å². The predicted octanol–water partition coefficient (Wildman–Crippen LogP) is 3.06. The highest BCUT2D eigenvalue weighted by molar-refractivity contribution is 7.92. The normalized spacial score (nSPS) is 11.1. The van der Waals surface area contributed by atoms with Gasteiger partial charge in [0.1, 0.15) is 11.5 Å². The third-order valence-corrected chi connectivity index (χ3v) is 5.50. The van der Waals surface area contributed by atoms with E-state index in [1.807, 2.05) is 0 Å². The lowest BCUT2D eigenvalue weighted by Gasteiger charge is -2.09. The quantitative estimate of drug-likeness (QED) is 0.424. The third kappa shape index (κ3) is 4.73. The number of anilines is 2. The van der Waals surface area contributed by atoms with Gasteiger partial charge in [0, 0.05) is 17.4 Å². The van der Waals surface area contributed by atoms with Crippen LogP contribution in [0.25, 0.3) is 11.5 Å². The maximum atomic E-state index is 13.0. The van der Waals surface area contributed by atoms with Crippen LogP contribution in [0.2, 0.25) is 0 Å². The zero-order valence-corrected chi connectivity index (χ0v) is 16.6. The summed E-state index contributed by atoms with van der Waals surface area (Å²) in [5.74, 6) is -0.690. The summed E-state index contributed by atoms with van der Waals surface area (Å²) in [4.78, 5) is 20.7. The molecule has 31 heavy (non-hydrogen) atoms. The molecule has 11 heteroatoms. The van der Waals surface area contributed by atoms with Crippen LogP contribution in [-0.2, 0) is 10.0 Å². The Hall–Kier alpha value is -4.12. The second kappa shape index (κ2) is 8.32. The van der Waals surface area contributed by atoms with Crippen molar-refractivity contribution >= 4 is 27.6 Å². The number of rotatable bonds is 6. The number of amides is 1. The van der Waals surface area contributed by atoms with Crippen molar-refractivity contribution in [3.05, 3.63) is 84.3 Å². The van der Waals surface area contributed by atoms with Crippen LogP contribution in [0.1, 0.15) is 10.4 Å². The van der Waals surface area contributed by atoms with E-state index in [9.17, 15) is 17.6 Å². The van der Waals surface area contributed by atoms with E-state index in [2.05, 4.69) is 30.2 Å². The molecule has 4 aromatic rings. The summed E-state index contributed by atoms with van der Waals surface area (Å²) in [6, 6.07) is 15.6. The molecule has 1 amide bonds. The van der Waals surface area contributed by atoms with Crippen molar-refractivity contribution in [1.82, 2.24) is 20.2 Å². The molecule has 0 radical (unpaired) electrons. The molecule has 0 spiro atoms. The summed E-state index contributed by atoms with van der Waals surface area (Å²) in [6.07, 6.45) is 1.60. The predicted molar refractivity (Wildman–Crippen MR) is 111 cm³/mol.